The number of rotatable bonds is 1. The Labute approximate surface area is 125 Å². The zero-order valence-corrected chi connectivity index (χ0v) is 12.6. The van der Waals surface area contributed by atoms with Gasteiger partial charge >= 0.3 is 0 Å². The maximum atomic E-state index is 13.8. The van der Waals surface area contributed by atoms with Crippen molar-refractivity contribution in [3.8, 4) is 0 Å². The Hall–Kier alpha value is -1.17. The highest BCUT2D eigenvalue weighted by atomic mass is 35.5. The Bertz CT molecular complexity index is 664. The lowest BCUT2D eigenvalue weighted by Crippen LogP contribution is -2.47. The molecule has 20 heavy (non-hydrogen) atoms. The van der Waals surface area contributed by atoms with Crippen LogP contribution in [-0.4, -0.2) is 48.9 Å². The summed E-state index contributed by atoms with van der Waals surface area (Å²) < 4.78 is 14.5. The van der Waals surface area contributed by atoms with Crippen molar-refractivity contribution in [3.63, 3.8) is 0 Å². The van der Waals surface area contributed by atoms with E-state index in [2.05, 4.69) is 4.90 Å². The maximum Gasteiger partial charge on any atom is 0.265 e. The number of fused-ring (bicyclic) bond motifs is 1. The smallest absolute Gasteiger partial charge is 0.265 e. The lowest BCUT2D eigenvalue weighted by molar-refractivity contribution is 0.0669. The summed E-state index contributed by atoms with van der Waals surface area (Å²) in [5.41, 5.74) is 0. The molecule has 0 aliphatic carbocycles. The van der Waals surface area contributed by atoms with Crippen LogP contribution in [0.15, 0.2) is 18.2 Å². The van der Waals surface area contributed by atoms with E-state index in [4.69, 9.17) is 11.6 Å². The Morgan fingerprint density at radius 1 is 1.30 bits per heavy atom. The summed E-state index contributed by atoms with van der Waals surface area (Å²) in [5.74, 6) is -0.468. The van der Waals surface area contributed by atoms with Crippen LogP contribution in [0.1, 0.15) is 9.67 Å². The summed E-state index contributed by atoms with van der Waals surface area (Å²) in [7, 11) is 2.03. The molecule has 1 aromatic carbocycles. The van der Waals surface area contributed by atoms with E-state index in [-0.39, 0.29) is 16.7 Å². The molecule has 1 amide bonds. The Morgan fingerprint density at radius 2 is 2.00 bits per heavy atom. The lowest BCUT2D eigenvalue weighted by Gasteiger charge is -2.32. The first-order valence-corrected chi connectivity index (χ1v) is 7.61. The fraction of sp³-hybridized carbons (Fsp3) is 0.357. The average molecular weight is 313 g/mol. The van der Waals surface area contributed by atoms with Crippen molar-refractivity contribution in [2.75, 3.05) is 33.2 Å². The van der Waals surface area contributed by atoms with Gasteiger partial charge < -0.3 is 9.80 Å². The van der Waals surface area contributed by atoms with Crippen LogP contribution >= 0.6 is 22.9 Å². The molecule has 1 aromatic heterocycles. The molecule has 106 valence electrons. The molecule has 0 saturated carbocycles. The summed E-state index contributed by atoms with van der Waals surface area (Å²) in [6, 6.07) is 4.79. The normalized spacial score (nSPS) is 16.9. The van der Waals surface area contributed by atoms with Crippen LogP contribution < -0.4 is 0 Å². The second-order valence-electron chi connectivity index (χ2n) is 4.95. The summed E-state index contributed by atoms with van der Waals surface area (Å²) in [6.07, 6.45) is 0. The Morgan fingerprint density at radius 3 is 2.65 bits per heavy atom. The van der Waals surface area contributed by atoms with Gasteiger partial charge in [-0.1, -0.05) is 17.7 Å². The molecular formula is C14H14ClFN2OS. The van der Waals surface area contributed by atoms with E-state index in [0.29, 0.717) is 28.1 Å². The number of hydrogen-bond donors (Lipinski definition) is 0. The van der Waals surface area contributed by atoms with Gasteiger partial charge in [0, 0.05) is 36.3 Å². The SMILES string of the molecule is CN1CCN(C(=O)c2sc3cccc(F)c3c2Cl)CC1. The van der Waals surface area contributed by atoms with Gasteiger partial charge in [-0.3, -0.25) is 4.79 Å². The third-order valence-electron chi connectivity index (χ3n) is 3.59. The third-order valence-corrected chi connectivity index (χ3v) is 5.22. The predicted octanol–water partition coefficient (Wildman–Crippen LogP) is 3.08. The topological polar surface area (TPSA) is 23.6 Å². The summed E-state index contributed by atoms with van der Waals surface area (Å²) >= 11 is 7.48. The minimum atomic E-state index is -0.374. The molecule has 0 unspecified atom stereocenters. The van der Waals surface area contributed by atoms with E-state index in [1.165, 1.54) is 17.4 Å². The van der Waals surface area contributed by atoms with Crippen LogP contribution in [0.25, 0.3) is 10.1 Å². The van der Waals surface area contributed by atoms with E-state index in [0.717, 1.165) is 13.1 Å². The molecule has 1 fully saturated rings. The van der Waals surface area contributed by atoms with Crippen molar-refractivity contribution in [3.05, 3.63) is 33.9 Å². The number of thiophene rings is 1. The fourth-order valence-electron chi connectivity index (χ4n) is 2.36. The van der Waals surface area contributed by atoms with Crippen LogP contribution in [0, 0.1) is 5.82 Å². The van der Waals surface area contributed by atoms with Crippen molar-refractivity contribution < 1.29 is 9.18 Å². The van der Waals surface area contributed by atoms with Gasteiger partial charge in [-0.2, -0.15) is 0 Å². The molecule has 0 spiro atoms. The van der Waals surface area contributed by atoms with E-state index >= 15 is 0 Å². The molecule has 0 N–H and O–H groups in total. The average Bonchev–Trinajstić information content (AvgIpc) is 2.77. The van der Waals surface area contributed by atoms with Crippen molar-refractivity contribution in [2.24, 2.45) is 0 Å². The highest BCUT2D eigenvalue weighted by Gasteiger charge is 2.25. The standard InChI is InChI=1S/C14H14ClFN2OS/c1-17-5-7-18(8-6-17)14(19)13-12(15)11-9(16)3-2-4-10(11)20-13/h2-4H,5-8H2,1H3. The number of halogens is 2. The molecule has 0 atom stereocenters. The van der Waals surface area contributed by atoms with Crippen LogP contribution in [0.2, 0.25) is 5.02 Å². The molecule has 3 rings (SSSR count). The largest absolute Gasteiger partial charge is 0.335 e. The maximum absolute atomic E-state index is 13.8. The van der Waals surface area contributed by atoms with Crippen LogP contribution in [0.5, 0.6) is 0 Å². The van der Waals surface area contributed by atoms with Gasteiger partial charge in [0.15, 0.2) is 0 Å². The van der Waals surface area contributed by atoms with Crippen LogP contribution in [0.3, 0.4) is 0 Å². The number of likely N-dealkylation sites (N-methyl/N-ethyl adjacent to an activating group) is 1. The molecule has 1 aliphatic heterocycles. The fourth-order valence-corrected chi connectivity index (χ4v) is 3.88. The van der Waals surface area contributed by atoms with Gasteiger partial charge in [-0.25, -0.2) is 4.39 Å². The van der Waals surface area contributed by atoms with Crippen LogP contribution in [0.4, 0.5) is 4.39 Å². The monoisotopic (exact) mass is 312 g/mol. The number of carbonyl (C=O) groups is 1. The number of amides is 1. The van der Waals surface area contributed by atoms with E-state index in [1.54, 1.807) is 17.0 Å². The number of nitrogens with zero attached hydrogens (tertiary/aromatic N) is 2. The minimum absolute atomic E-state index is 0.0938. The second kappa shape index (κ2) is 5.31. The second-order valence-corrected chi connectivity index (χ2v) is 6.38. The molecule has 0 radical (unpaired) electrons. The number of carbonyl (C=O) groups excluding carboxylic acids is 1. The molecule has 2 aromatic rings. The van der Waals surface area contributed by atoms with Gasteiger partial charge in [-0.05, 0) is 19.2 Å². The third kappa shape index (κ3) is 2.30. The van der Waals surface area contributed by atoms with Gasteiger partial charge in [0.05, 0.1) is 5.02 Å². The molecule has 3 nitrogen and oxygen atoms in total. The summed E-state index contributed by atoms with van der Waals surface area (Å²) in [4.78, 5) is 16.9. The zero-order chi connectivity index (χ0) is 14.3. The minimum Gasteiger partial charge on any atom is -0.335 e. The van der Waals surface area contributed by atoms with Gasteiger partial charge in [0.2, 0.25) is 0 Å². The number of piperazine rings is 1. The number of benzene rings is 1. The summed E-state index contributed by atoms with van der Waals surface area (Å²) in [6.45, 7) is 3.07. The predicted molar refractivity (Wildman–Crippen MR) is 80.2 cm³/mol. The highest BCUT2D eigenvalue weighted by Crippen LogP contribution is 2.37. The van der Waals surface area contributed by atoms with Crippen LogP contribution in [-0.2, 0) is 0 Å². The van der Waals surface area contributed by atoms with Crippen molar-refractivity contribution in [1.29, 1.82) is 0 Å². The Kier molecular flexibility index (Phi) is 3.67. The molecule has 2 heterocycles. The quantitative estimate of drug-likeness (QED) is 0.808. The molecule has 1 saturated heterocycles. The first-order valence-electron chi connectivity index (χ1n) is 6.42. The van der Waals surface area contributed by atoms with Crippen molar-refractivity contribution in [1.82, 2.24) is 9.80 Å². The summed E-state index contributed by atoms with van der Waals surface area (Å²) in [5, 5.41) is 0.601. The van der Waals surface area contributed by atoms with Crippen molar-refractivity contribution in [2.45, 2.75) is 0 Å². The van der Waals surface area contributed by atoms with E-state index < -0.39 is 0 Å². The first kappa shape index (κ1) is 13.8. The molecule has 6 heteroatoms. The molecule has 0 bridgehead atoms. The first-order chi connectivity index (χ1) is 9.58. The van der Waals surface area contributed by atoms with Gasteiger partial charge in [0.25, 0.3) is 5.91 Å². The van der Waals surface area contributed by atoms with Crippen molar-refractivity contribution >= 4 is 38.9 Å². The van der Waals surface area contributed by atoms with Gasteiger partial charge in [0.1, 0.15) is 10.7 Å². The van der Waals surface area contributed by atoms with E-state index in [1.807, 2.05) is 7.05 Å². The van der Waals surface area contributed by atoms with Gasteiger partial charge in [-0.15, -0.1) is 11.3 Å². The zero-order valence-electron chi connectivity index (χ0n) is 11.0. The number of hydrogen-bond acceptors (Lipinski definition) is 3. The molecule has 1 aliphatic rings. The molecular weight excluding hydrogens is 299 g/mol. The van der Waals surface area contributed by atoms with E-state index in [9.17, 15) is 9.18 Å². The Balaban J connectivity index is 1.96. The lowest BCUT2D eigenvalue weighted by atomic mass is 10.2. The highest BCUT2D eigenvalue weighted by molar-refractivity contribution is 7.21.